The zero-order valence-electron chi connectivity index (χ0n) is 17.7. The highest BCUT2D eigenvalue weighted by atomic mass is 32.2. The Morgan fingerprint density at radius 2 is 1.72 bits per heavy atom. The van der Waals surface area contributed by atoms with Gasteiger partial charge in [0, 0.05) is 50.2 Å². The summed E-state index contributed by atoms with van der Waals surface area (Å²) < 4.78 is 62.0. The zero-order valence-corrected chi connectivity index (χ0v) is 18.5. The quantitative estimate of drug-likeness (QED) is 0.632. The highest BCUT2D eigenvalue weighted by molar-refractivity contribution is 7.90. The first-order valence-corrected chi connectivity index (χ1v) is 12.2. The fourth-order valence-electron chi connectivity index (χ4n) is 3.58. The number of nitrogens with zero attached hydrogens (tertiary/aromatic N) is 2. The average Bonchev–Trinajstić information content (AvgIpc) is 2.76. The van der Waals surface area contributed by atoms with E-state index in [2.05, 4.69) is 10.2 Å². The van der Waals surface area contributed by atoms with E-state index in [0.29, 0.717) is 37.3 Å². The SMILES string of the molecule is CS(=O)(=O)c1cccc(C(=O)NCCCN2CCN(c3cccc(C(F)(F)F)c3)CC2)c1. The minimum absolute atomic E-state index is 0.101. The lowest BCUT2D eigenvalue weighted by atomic mass is 10.1. The van der Waals surface area contributed by atoms with E-state index >= 15 is 0 Å². The summed E-state index contributed by atoms with van der Waals surface area (Å²) in [6.45, 7) is 3.90. The molecule has 0 spiro atoms. The second-order valence-corrected chi connectivity index (χ2v) is 9.80. The number of carbonyl (C=O) groups is 1. The number of piperazine rings is 1. The minimum atomic E-state index is -4.35. The normalized spacial score (nSPS) is 15.6. The first-order valence-electron chi connectivity index (χ1n) is 10.3. The van der Waals surface area contributed by atoms with Crippen LogP contribution >= 0.6 is 0 Å². The van der Waals surface area contributed by atoms with E-state index in [1.54, 1.807) is 12.1 Å². The predicted molar refractivity (Wildman–Crippen MR) is 117 cm³/mol. The number of sulfone groups is 1. The van der Waals surface area contributed by atoms with E-state index in [4.69, 9.17) is 0 Å². The Morgan fingerprint density at radius 1 is 1.03 bits per heavy atom. The van der Waals surface area contributed by atoms with Gasteiger partial charge in [0.1, 0.15) is 0 Å². The molecule has 0 atom stereocenters. The number of halogens is 3. The lowest BCUT2D eigenvalue weighted by molar-refractivity contribution is -0.137. The summed E-state index contributed by atoms with van der Waals surface area (Å²) >= 11 is 0. The standard InChI is InChI=1S/C22H26F3N3O3S/c1-32(30,31)20-8-2-5-17(15-20)21(29)26-9-4-10-27-11-13-28(14-12-27)19-7-3-6-18(16-19)22(23,24)25/h2-3,5-8,15-16H,4,9-14H2,1H3,(H,26,29). The van der Waals surface area contributed by atoms with Crippen LogP contribution in [0.1, 0.15) is 22.3 Å². The van der Waals surface area contributed by atoms with Crippen molar-refractivity contribution in [3.63, 3.8) is 0 Å². The van der Waals surface area contributed by atoms with Gasteiger partial charge in [-0.2, -0.15) is 13.2 Å². The van der Waals surface area contributed by atoms with Gasteiger partial charge in [-0.25, -0.2) is 8.42 Å². The largest absolute Gasteiger partial charge is 0.416 e. The maximum absolute atomic E-state index is 12.9. The molecule has 0 saturated carbocycles. The van der Waals surface area contributed by atoms with Gasteiger partial charge in [-0.15, -0.1) is 0 Å². The van der Waals surface area contributed by atoms with Crippen LogP contribution in [0.4, 0.5) is 18.9 Å². The smallest absolute Gasteiger partial charge is 0.369 e. The van der Waals surface area contributed by atoms with Crippen LogP contribution in [0, 0.1) is 0 Å². The van der Waals surface area contributed by atoms with E-state index < -0.39 is 21.6 Å². The molecule has 32 heavy (non-hydrogen) atoms. The number of hydrogen-bond donors (Lipinski definition) is 1. The molecule has 1 fully saturated rings. The zero-order chi connectivity index (χ0) is 23.4. The summed E-state index contributed by atoms with van der Waals surface area (Å²) in [6.07, 6.45) is -2.55. The summed E-state index contributed by atoms with van der Waals surface area (Å²) in [5, 5.41) is 2.79. The highest BCUT2D eigenvalue weighted by Gasteiger charge is 2.31. The third-order valence-corrected chi connectivity index (χ3v) is 6.48. The van der Waals surface area contributed by atoms with E-state index in [1.165, 1.54) is 30.3 Å². The molecule has 1 aliphatic heterocycles. The van der Waals surface area contributed by atoms with E-state index in [1.807, 2.05) is 4.90 Å². The first kappa shape index (κ1) is 24.1. The minimum Gasteiger partial charge on any atom is -0.369 e. The summed E-state index contributed by atoms with van der Waals surface area (Å²) in [6, 6.07) is 11.3. The monoisotopic (exact) mass is 469 g/mol. The fourth-order valence-corrected chi connectivity index (χ4v) is 4.25. The van der Waals surface area contributed by atoms with Gasteiger partial charge in [0.25, 0.3) is 5.91 Å². The lowest BCUT2D eigenvalue weighted by Gasteiger charge is -2.36. The van der Waals surface area contributed by atoms with Crippen LogP contribution in [-0.2, 0) is 16.0 Å². The molecule has 0 aliphatic carbocycles. The Kier molecular flexibility index (Phi) is 7.45. The molecule has 1 saturated heterocycles. The van der Waals surface area contributed by atoms with Gasteiger partial charge in [-0.05, 0) is 49.4 Å². The molecule has 1 heterocycles. The van der Waals surface area contributed by atoms with Crippen molar-refractivity contribution in [2.45, 2.75) is 17.5 Å². The van der Waals surface area contributed by atoms with Gasteiger partial charge in [-0.1, -0.05) is 12.1 Å². The highest BCUT2D eigenvalue weighted by Crippen LogP contribution is 2.31. The van der Waals surface area contributed by atoms with Crippen molar-refractivity contribution in [1.29, 1.82) is 0 Å². The summed E-state index contributed by atoms with van der Waals surface area (Å²) in [7, 11) is -3.38. The van der Waals surface area contributed by atoms with Gasteiger partial charge in [0.2, 0.25) is 0 Å². The number of anilines is 1. The molecule has 6 nitrogen and oxygen atoms in total. The summed E-state index contributed by atoms with van der Waals surface area (Å²) in [5.41, 5.74) is 0.223. The lowest BCUT2D eigenvalue weighted by Crippen LogP contribution is -2.47. The van der Waals surface area contributed by atoms with Gasteiger partial charge >= 0.3 is 6.18 Å². The number of rotatable bonds is 7. The molecule has 0 unspecified atom stereocenters. The Bertz CT molecular complexity index is 1050. The number of benzene rings is 2. The van der Waals surface area contributed by atoms with Crippen molar-refractivity contribution in [3.8, 4) is 0 Å². The number of hydrogen-bond acceptors (Lipinski definition) is 5. The Labute approximate surface area is 185 Å². The van der Waals surface area contributed by atoms with E-state index in [9.17, 15) is 26.4 Å². The average molecular weight is 470 g/mol. The number of carbonyl (C=O) groups excluding carboxylic acids is 1. The van der Waals surface area contributed by atoms with Gasteiger partial charge in [0.05, 0.1) is 10.5 Å². The topological polar surface area (TPSA) is 69.7 Å². The third kappa shape index (κ3) is 6.46. The Morgan fingerprint density at radius 3 is 2.38 bits per heavy atom. The van der Waals surface area contributed by atoms with Crippen LogP contribution in [0.3, 0.4) is 0 Å². The van der Waals surface area contributed by atoms with Crippen LogP contribution in [0.5, 0.6) is 0 Å². The number of nitrogens with one attached hydrogen (secondary N) is 1. The molecule has 2 aromatic carbocycles. The molecule has 1 amide bonds. The van der Waals surface area contributed by atoms with Crippen molar-refractivity contribution in [3.05, 3.63) is 59.7 Å². The van der Waals surface area contributed by atoms with Gasteiger partial charge in [0.15, 0.2) is 9.84 Å². The van der Waals surface area contributed by atoms with Crippen molar-refractivity contribution < 1.29 is 26.4 Å². The van der Waals surface area contributed by atoms with Crippen LogP contribution in [0.2, 0.25) is 0 Å². The molecule has 1 aliphatic rings. The molecule has 2 aromatic rings. The van der Waals surface area contributed by atoms with Crippen molar-refractivity contribution >= 4 is 21.4 Å². The maximum atomic E-state index is 12.9. The molecule has 1 N–H and O–H groups in total. The van der Waals surface area contributed by atoms with Crippen molar-refractivity contribution in [2.75, 3.05) is 50.4 Å². The van der Waals surface area contributed by atoms with Crippen LogP contribution in [0.15, 0.2) is 53.4 Å². The Hall–Kier alpha value is -2.59. The van der Waals surface area contributed by atoms with Gasteiger partial charge < -0.3 is 10.2 Å². The third-order valence-electron chi connectivity index (χ3n) is 5.37. The Balaban J connectivity index is 1.42. The van der Waals surface area contributed by atoms with Crippen molar-refractivity contribution in [2.24, 2.45) is 0 Å². The second-order valence-electron chi connectivity index (χ2n) is 7.79. The molecule has 174 valence electrons. The first-order chi connectivity index (χ1) is 15.0. The molecule has 0 radical (unpaired) electrons. The van der Waals surface area contributed by atoms with Crippen molar-refractivity contribution in [1.82, 2.24) is 10.2 Å². The molecular weight excluding hydrogens is 443 g/mol. The van der Waals surface area contributed by atoms with Crippen LogP contribution < -0.4 is 10.2 Å². The molecule has 10 heteroatoms. The van der Waals surface area contributed by atoms with E-state index in [-0.39, 0.29) is 10.8 Å². The number of alkyl halides is 3. The molecular formula is C22H26F3N3O3S. The molecule has 0 bridgehead atoms. The van der Waals surface area contributed by atoms with Gasteiger partial charge in [-0.3, -0.25) is 9.69 Å². The van der Waals surface area contributed by atoms with E-state index in [0.717, 1.165) is 32.0 Å². The molecule has 0 aromatic heterocycles. The second kappa shape index (κ2) is 9.91. The summed E-state index contributed by atoms with van der Waals surface area (Å²) in [5.74, 6) is -0.329. The van der Waals surface area contributed by atoms with Crippen LogP contribution in [-0.4, -0.2) is 64.7 Å². The molecule has 3 rings (SSSR count). The van der Waals surface area contributed by atoms with Crippen LogP contribution in [0.25, 0.3) is 0 Å². The fraction of sp³-hybridized carbons (Fsp3) is 0.409. The number of amides is 1. The summed E-state index contributed by atoms with van der Waals surface area (Å²) in [4.78, 5) is 16.5. The predicted octanol–water partition coefficient (Wildman–Crippen LogP) is 3.05. The maximum Gasteiger partial charge on any atom is 0.416 e.